The quantitative estimate of drug-likeness (QED) is 0.518. The number of rotatable bonds is 7. The fourth-order valence-corrected chi connectivity index (χ4v) is 4.66. The van der Waals surface area contributed by atoms with E-state index in [0.717, 1.165) is 47.8 Å². The molecule has 0 aliphatic heterocycles. The summed E-state index contributed by atoms with van der Waals surface area (Å²) in [7, 11) is -0.625. The lowest BCUT2D eigenvalue weighted by Gasteiger charge is -2.28. The van der Waals surface area contributed by atoms with Crippen molar-refractivity contribution in [1.82, 2.24) is 15.0 Å². The second-order valence-corrected chi connectivity index (χ2v) is 10.5. The summed E-state index contributed by atoms with van der Waals surface area (Å²) in [6.07, 6.45) is 9.07. The first kappa shape index (κ1) is 22.3. The third kappa shape index (κ3) is 5.28. The molecule has 1 fully saturated rings. The van der Waals surface area contributed by atoms with Gasteiger partial charge < -0.3 is 19.5 Å². The number of hydrogen-bond donors (Lipinski definition) is 2. The van der Waals surface area contributed by atoms with Gasteiger partial charge in [0.2, 0.25) is 5.88 Å². The van der Waals surface area contributed by atoms with Gasteiger partial charge >= 0.3 is 0 Å². The highest BCUT2D eigenvalue weighted by Gasteiger charge is 2.23. The minimum Gasteiger partial charge on any atom is -0.473 e. The molecule has 0 spiro atoms. The average Bonchev–Trinajstić information content (AvgIpc) is 2.74. The number of aryl methyl sites for hydroxylation is 1. The summed E-state index contributed by atoms with van der Waals surface area (Å²) in [5, 5.41) is 4.26. The molecule has 32 heavy (non-hydrogen) atoms. The van der Waals surface area contributed by atoms with Gasteiger partial charge in [0.1, 0.15) is 23.9 Å². The van der Waals surface area contributed by atoms with E-state index in [1.807, 2.05) is 31.2 Å². The Morgan fingerprint density at radius 2 is 1.88 bits per heavy atom. The molecule has 3 aromatic rings. The van der Waals surface area contributed by atoms with Gasteiger partial charge in [0.15, 0.2) is 0 Å². The van der Waals surface area contributed by atoms with Gasteiger partial charge in [-0.05, 0) is 68.3 Å². The predicted octanol–water partition coefficient (Wildman–Crippen LogP) is 4.09. The number of pyridine rings is 1. The molecule has 1 aromatic carbocycles. The molecule has 1 saturated carbocycles. The molecule has 0 bridgehead atoms. The van der Waals surface area contributed by atoms with Gasteiger partial charge in [-0.25, -0.2) is 19.2 Å². The second kappa shape index (κ2) is 9.30. The van der Waals surface area contributed by atoms with Crippen LogP contribution in [0.25, 0.3) is 10.9 Å². The van der Waals surface area contributed by atoms with Gasteiger partial charge in [0.25, 0.3) is 0 Å². The number of benzene rings is 1. The molecule has 0 saturated heterocycles. The summed E-state index contributed by atoms with van der Waals surface area (Å²) < 4.78 is 26.7. The van der Waals surface area contributed by atoms with E-state index >= 15 is 0 Å². The van der Waals surface area contributed by atoms with Crippen LogP contribution in [-0.2, 0) is 14.4 Å². The number of ether oxygens (including phenoxy) is 2. The Morgan fingerprint density at radius 3 is 2.59 bits per heavy atom. The maximum Gasteiger partial charge on any atom is 0.238 e. The molecular weight excluding hydrogens is 426 g/mol. The SMILES string of the molecule is C=S(C)(=O)Nc1cc(C)c2c(Nc3cccnc3OC3CCC(OC)CC3)ncnc2c1. The number of methoxy groups -OCH3 is 1. The van der Waals surface area contributed by atoms with Crippen LogP contribution in [-0.4, -0.2) is 50.6 Å². The van der Waals surface area contributed by atoms with Crippen molar-refractivity contribution in [3.63, 3.8) is 0 Å². The molecule has 4 rings (SSSR count). The van der Waals surface area contributed by atoms with E-state index in [-0.39, 0.29) is 6.10 Å². The van der Waals surface area contributed by atoms with E-state index in [0.29, 0.717) is 23.5 Å². The minimum absolute atomic E-state index is 0.112. The lowest BCUT2D eigenvalue weighted by Crippen LogP contribution is -2.28. The molecule has 8 nitrogen and oxygen atoms in total. The van der Waals surface area contributed by atoms with Crippen molar-refractivity contribution in [2.75, 3.05) is 23.4 Å². The third-order valence-electron chi connectivity index (χ3n) is 5.53. The van der Waals surface area contributed by atoms with E-state index < -0.39 is 9.71 Å². The van der Waals surface area contributed by atoms with Gasteiger partial charge in [0, 0.05) is 40.3 Å². The van der Waals surface area contributed by atoms with Gasteiger partial charge in [-0.2, -0.15) is 0 Å². The van der Waals surface area contributed by atoms with Crippen LogP contribution < -0.4 is 14.8 Å². The summed E-state index contributed by atoms with van der Waals surface area (Å²) in [4.78, 5) is 13.3. The zero-order valence-corrected chi connectivity index (χ0v) is 19.4. The van der Waals surface area contributed by atoms with E-state index in [4.69, 9.17) is 9.47 Å². The fourth-order valence-electron chi connectivity index (χ4n) is 4.05. The molecule has 9 heteroatoms. The van der Waals surface area contributed by atoms with Crippen molar-refractivity contribution < 1.29 is 13.7 Å². The zero-order chi connectivity index (χ0) is 22.7. The summed E-state index contributed by atoms with van der Waals surface area (Å²) in [5.41, 5.74) is 3.13. The lowest BCUT2D eigenvalue weighted by atomic mass is 9.95. The molecule has 2 aromatic heterocycles. The Labute approximate surface area is 188 Å². The summed E-state index contributed by atoms with van der Waals surface area (Å²) in [5.74, 6) is 4.87. The molecule has 1 aliphatic carbocycles. The number of nitrogens with one attached hydrogen (secondary N) is 2. The van der Waals surface area contributed by atoms with Gasteiger partial charge in [-0.1, -0.05) is 0 Å². The Kier molecular flexibility index (Phi) is 6.48. The van der Waals surface area contributed by atoms with E-state index in [1.165, 1.54) is 6.33 Å². The molecule has 1 atom stereocenters. The Balaban J connectivity index is 1.60. The number of fused-ring (bicyclic) bond motifs is 1. The Hall–Kier alpha value is -2.91. The largest absolute Gasteiger partial charge is 0.473 e. The van der Waals surface area contributed by atoms with Crippen molar-refractivity contribution in [1.29, 1.82) is 0 Å². The summed E-state index contributed by atoms with van der Waals surface area (Å²) >= 11 is 0. The maximum absolute atomic E-state index is 12.1. The highest BCUT2D eigenvalue weighted by Crippen LogP contribution is 2.33. The van der Waals surface area contributed by atoms with Crippen molar-refractivity contribution in [2.24, 2.45) is 0 Å². The molecule has 0 amide bonds. The topological polar surface area (TPSA) is 98.3 Å². The second-order valence-electron chi connectivity index (χ2n) is 8.25. The van der Waals surface area contributed by atoms with Gasteiger partial charge in [-0.3, -0.25) is 0 Å². The number of nitrogens with zero attached hydrogens (tertiary/aromatic N) is 3. The first-order chi connectivity index (χ1) is 15.3. The van der Waals surface area contributed by atoms with E-state index in [1.54, 1.807) is 19.6 Å². The highest BCUT2D eigenvalue weighted by molar-refractivity contribution is 8.00. The van der Waals surface area contributed by atoms with Crippen LogP contribution in [0.15, 0.2) is 36.8 Å². The first-order valence-electron chi connectivity index (χ1n) is 10.6. The monoisotopic (exact) mass is 455 g/mol. The van der Waals surface area contributed by atoms with Crippen LogP contribution in [0.5, 0.6) is 5.88 Å². The standard InChI is InChI=1S/C23H29N5O3S/c1-15-12-16(28-32(3,4)29)13-20-21(15)22(26-14-25-20)27-19-6-5-11-24-23(19)31-18-9-7-17(30-2)8-10-18/h5-6,11-14,17-18H,3,7-10H2,1-2,4H3,(H,28,29)(H,25,26,27). The molecule has 2 N–H and O–H groups in total. The summed E-state index contributed by atoms with van der Waals surface area (Å²) in [6.45, 7) is 1.97. The van der Waals surface area contributed by atoms with E-state index in [9.17, 15) is 4.21 Å². The number of aromatic nitrogens is 3. The van der Waals surface area contributed by atoms with Crippen molar-refractivity contribution in [3.05, 3.63) is 42.4 Å². The minimum atomic E-state index is -2.39. The van der Waals surface area contributed by atoms with Gasteiger partial charge in [0.05, 0.1) is 11.6 Å². The van der Waals surface area contributed by atoms with E-state index in [2.05, 4.69) is 30.9 Å². The molecular formula is C23H29N5O3S. The Bertz CT molecular complexity index is 1210. The number of anilines is 3. The van der Waals surface area contributed by atoms with Crippen molar-refractivity contribution >= 4 is 43.7 Å². The van der Waals surface area contributed by atoms with Crippen LogP contribution in [0, 0.1) is 6.92 Å². The van der Waals surface area contributed by atoms with Crippen molar-refractivity contribution in [3.8, 4) is 5.88 Å². The van der Waals surface area contributed by atoms with Crippen LogP contribution in [0.2, 0.25) is 0 Å². The fraction of sp³-hybridized carbons (Fsp3) is 0.391. The molecule has 170 valence electrons. The molecule has 1 unspecified atom stereocenters. The van der Waals surface area contributed by atoms with Crippen molar-refractivity contribution in [2.45, 2.75) is 44.8 Å². The van der Waals surface area contributed by atoms with Crippen LogP contribution in [0.1, 0.15) is 31.2 Å². The van der Waals surface area contributed by atoms with Gasteiger partial charge in [-0.15, -0.1) is 0 Å². The zero-order valence-electron chi connectivity index (χ0n) is 18.6. The van der Waals surface area contributed by atoms with Crippen LogP contribution in [0.3, 0.4) is 0 Å². The third-order valence-corrected chi connectivity index (χ3v) is 6.19. The van der Waals surface area contributed by atoms with Crippen LogP contribution >= 0.6 is 0 Å². The molecule has 2 heterocycles. The molecule has 1 aliphatic rings. The smallest absolute Gasteiger partial charge is 0.238 e. The molecule has 0 radical (unpaired) electrons. The highest BCUT2D eigenvalue weighted by atomic mass is 32.2. The summed E-state index contributed by atoms with van der Waals surface area (Å²) in [6, 6.07) is 7.55. The average molecular weight is 456 g/mol. The maximum atomic E-state index is 12.1. The number of hydrogen-bond acceptors (Lipinski definition) is 7. The first-order valence-corrected chi connectivity index (χ1v) is 12.7. The normalized spacial score (nSPS) is 20.5. The predicted molar refractivity (Wildman–Crippen MR) is 130 cm³/mol. The lowest BCUT2D eigenvalue weighted by molar-refractivity contribution is 0.0317. The Morgan fingerprint density at radius 1 is 1.12 bits per heavy atom. The van der Waals surface area contributed by atoms with Crippen LogP contribution in [0.4, 0.5) is 17.2 Å².